The number of nitriles is 1. The van der Waals surface area contributed by atoms with Gasteiger partial charge in [0.1, 0.15) is 11.6 Å². The molecule has 1 saturated heterocycles. The van der Waals surface area contributed by atoms with E-state index in [1.165, 1.54) is 11.0 Å². The molecule has 1 aliphatic heterocycles. The number of para-hydroxylation sites is 1. The van der Waals surface area contributed by atoms with Gasteiger partial charge in [0.05, 0.1) is 22.9 Å². The summed E-state index contributed by atoms with van der Waals surface area (Å²) < 4.78 is 25.2. The average molecular weight is 507 g/mol. The third-order valence-corrected chi connectivity index (χ3v) is 8.58. The normalized spacial score (nSPS) is 17.1. The van der Waals surface area contributed by atoms with E-state index >= 15 is 0 Å². The summed E-state index contributed by atoms with van der Waals surface area (Å²) in [7, 11) is -3.14. The highest BCUT2D eigenvalue weighted by atomic mass is 32.2. The predicted octanol–water partition coefficient (Wildman–Crippen LogP) is 4.25. The van der Waals surface area contributed by atoms with E-state index in [-0.39, 0.29) is 17.1 Å². The van der Waals surface area contributed by atoms with E-state index in [0.29, 0.717) is 17.7 Å². The smallest absolute Gasteiger partial charge is 0.262 e. The first-order valence-electron chi connectivity index (χ1n) is 11.4. The fourth-order valence-electron chi connectivity index (χ4n) is 3.84. The number of hydrogen-bond donors (Lipinski definition) is 1. The van der Waals surface area contributed by atoms with Crippen LogP contribution in [0.3, 0.4) is 0 Å². The second-order valence-corrected chi connectivity index (χ2v) is 11.7. The molecule has 180 valence electrons. The summed E-state index contributed by atoms with van der Waals surface area (Å²) in [4.78, 5) is 14.0. The van der Waals surface area contributed by atoms with Crippen LogP contribution in [0.4, 0.5) is 0 Å². The van der Waals surface area contributed by atoms with Gasteiger partial charge < -0.3 is 5.32 Å². The summed E-state index contributed by atoms with van der Waals surface area (Å²) in [5.41, 5.74) is 2.88. The molecule has 3 aromatic rings. The molecule has 0 spiro atoms. The molecule has 35 heavy (non-hydrogen) atoms. The van der Waals surface area contributed by atoms with Crippen molar-refractivity contribution in [2.75, 3.05) is 17.3 Å². The maximum Gasteiger partial charge on any atom is 0.262 e. The molecule has 0 saturated carbocycles. The second-order valence-electron chi connectivity index (χ2n) is 8.33. The summed E-state index contributed by atoms with van der Waals surface area (Å²) in [6.45, 7) is 2.14. The number of nitrogens with one attached hydrogen (secondary N) is 1. The number of amides is 1. The molecule has 1 aliphatic rings. The Morgan fingerprint density at radius 1 is 1.23 bits per heavy atom. The Morgan fingerprint density at radius 2 is 1.97 bits per heavy atom. The van der Waals surface area contributed by atoms with Crippen molar-refractivity contribution in [3.8, 4) is 23.0 Å². The Hall–Kier alpha value is -3.35. The zero-order valence-corrected chi connectivity index (χ0v) is 21.0. The van der Waals surface area contributed by atoms with Crippen LogP contribution < -0.4 is 5.32 Å². The summed E-state index contributed by atoms with van der Waals surface area (Å²) in [5, 5.41) is 17.2. The highest BCUT2D eigenvalue weighted by molar-refractivity contribution is 7.99. The minimum Gasteiger partial charge on any atom is -0.348 e. The van der Waals surface area contributed by atoms with Crippen LogP contribution in [-0.4, -0.2) is 47.4 Å². The quantitative estimate of drug-likeness (QED) is 0.278. The summed E-state index contributed by atoms with van der Waals surface area (Å²) in [5.74, 6) is 0.402. The lowest BCUT2D eigenvalue weighted by atomic mass is 10.1. The largest absolute Gasteiger partial charge is 0.348 e. The summed E-state index contributed by atoms with van der Waals surface area (Å²) in [6, 6.07) is 19.1. The van der Waals surface area contributed by atoms with Gasteiger partial charge in [-0.1, -0.05) is 37.3 Å². The van der Waals surface area contributed by atoms with Gasteiger partial charge in [0.25, 0.3) is 5.91 Å². The van der Waals surface area contributed by atoms with E-state index in [1.54, 1.807) is 22.6 Å². The second kappa shape index (κ2) is 10.9. The van der Waals surface area contributed by atoms with E-state index in [9.17, 15) is 18.5 Å². The van der Waals surface area contributed by atoms with E-state index in [4.69, 9.17) is 5.10 Å². The fraction of sp³-hybridized carbons (Fsp3) is 0.269. The third-order valence-electron chi connectivity index (χ3n) is 5.60. The van der Waals surface area contributed by atoms with Crippen LogP contribution in [0.25, 0.3) is 23.0 Å². The van der Waals surface area contributed by atoms with E-state index in [0.717, 1.165) is 23.4 Å². The van der Waals surface area contributed by atoms with Crippen molar-refractivity contribution < 1.29 is 13.2 Å². The molecule has 9 heteroatoms. The third kappa shape index (κ3) is 6.21. The van der Waals surface area contributed by atoms with Gasteiger partial charge in [-0.3, -0.25) is 4.79 Å². The van der Waals surface area contributed by atoms with Crippen molar-refractivity contribution >= 4 is 33.6 Å². The monoisotopic (exact) mass is 506 g/mol. The molecule has 1 amide bonds. The minimum atomic E-state index is -3.14. The number of aromatic nitrogens is 2. The number of thioether (sulfide) groups is 1. The maximum atomic E-state index is 12.8. The molecule has 0 radical (unpaired) electrons. The van der Waals surface area contributed by atoms with Crippen LogP contribution in [-0.2, 0) is 14.6 Å². The summed E-state index contributed by atoms with van der Waals surface area (Å²) >= 11 is 1.79. The van der Waals surface area contributed by atoms with Gasteiger partial charge in [0, 0.05) is 28.3 Å². The van der Waals surface area contributed by atoms with Crippen LogP contribution in [0, 0.1) is 11.3 Å². The lowest BCUT2D eigenvalue weighted by molar-refractivity contribution is -0.117. The van der Waals surface area contributed by atoms with E-state index in [2.05, 4.69) is 12.2 Å². The van der Waals surface area contributed by atoms with Crippen molar-refractivity contribution in [2.24, 2.45) is 0 Å². The number of carbonyl (C=O) groups is 1. The van der Waals surface area contributed by atoms with Gasteiger partial charge in [0.2, 0.25) is 0 Å². The van der Waals surface area contributed by atoms with Crippen LogP contribution in [0.1, 0.15) is 25.3 Å². The van der Waals surface area contributed by atoms with Gasteiger partial charge in [-0.25, -0.2) is 13.1 Å². The van der Waals surface area contributed by atoms with E-state index in [1.807, 2.05) is 60.7 Å². The molecule has 2 aromatic carbocycles. The first-order valence-corrected chi connectivity index (χ1v) is 14.2. The molecule has 1 aromatic heterocycles. The molecule has 1 fully saturated rings. The fourth-order valence-corrected chi connectivity index (χ4v) is 6.28. The average Bonchev–Trinajstić information content (AvgIpc) is 3.44. The highest BCUT2D eigenvalue weighted by Gasteiger charge is 2.29. The molecule has 7 nitrogen and oxygen atoms in total. The van der Waals surface area contributed by atoms with Crippen molar-refractivity contribution in [1.82, 2.24) is 15.1 Å². The van der Waals surface area contributed by atoms with Gasteiger partial charge >= 0.3 is 0 Å². The van der Waals surface area contributed by atoms with Gasteiger partial charge in [-0.2, -0.15) is 10.4 Å². The van der Waals surface area contributed by atoms with Crippen molar-refractivity contribution in [1.29, 1.82) is 5.26 Å². The molecular formula is C26H26N4O3S2. The lowest BCUT2D eigenvalue weighted by Crippen LogP contribution is -2.36. The highest BCUT2D eigenvalue weighted by Crippen LogP contribution is 2.28. The number of carbonyl (C=O) groups excluding carboxylic acids is 1. The molecule has 1 N–H and O–H groups in total. The van der Waals surface area contributed by atoms with Crippen LogP contribution in [0.5, 0.6) is 0 Å². The Bertz CT molecular complexity index is 1370. The van der Waals surface area contributed by atoms with Crippen LogP contribution in [0.15, 0.2) is 71.3 Å². The Balaban J connectivity index is 1.68. The van der Waals surface area contributed by atoms with Crippen LogP contribution >= 0.6 is 11.8 Å². The number of sulfone groups is 1. The SMILES string of the molecule is CCCSc1ccc(-c2nn(-c3ccccc3)cc2/C=C(/C#N)C(=O)NC2CCS(=O)(=O)C2)cc1. The topological polar surface area (TPSA) is 105 Å². The Morgan fingerprint density at radius 3 is 2.60 bits per heavy atom. The molecule has 0 aliphatic carbocycles. The van der Waals surface area contributed by atoms with Crippen LogP contribution in [0.2, 0.25) is 0 Å². The number of rotatable bonds is 8. The molecule has 0 bridgehead atoms. The van der Waals surface area contributed by atoms with Gasteiger partial charge in [-0.15, -0.1) is 11.8 Å². The molecule has 1 atom stereocenters. The molecule has 4 rings (SSSR count). The number of nitrogens with zero attached hydrogens (tertiary/aromatic N) is 3. The lowest BCUT2D eigenvalue weighted by Gasteiger charge is -2.10. The van der Waals surface area contributed by atoms with Crippen molar-refractivity contribution in [2.45, 2.75) is 30.7 Å². The summed E-state index contributed by atoms with van der Waals surface area (Å²) in [6.07, 6.45) is 4.75. The molecule has 1 unspecified atom stereocenters. The zero-order valence-electron chi connectivity index (χ0n) is 19.3. The predicted molar refractivity (Wildman–Crippen MR) is 139 cm³/mol. The minimum absolute atomic E-state index is 0.0457. The standard InChI is InChI=1S/C26H26N4O3S2/c1-2-13-34-24-10-8-19(9-11-24)25-21(17-30(29-25)23-6-4-3-5-7-23)15-20(16-27)26(31)28-22-12-14-35(32,33)18-22/h3-11,15,17,22H,2,12-14,18H2,1H3,(H,28,31)/b20-15-. The number of hydrogen-bond acceptors (Lipinski definition) is 6. The Labute approximate surface area is 209 Å². The maximum absolute atomic E-state index is 12.8. The first-order chi connectivity index (χ1) is 16.9. The first kappa shape index (κ1) is 24.8. The number of benzene rings is 2. The van der Waals surface area contributed by atoms with Gasteiger partial charge in [-0.05, 0) is 48.9 Å². The van der Waals surface area contributed by atoms with E-state index < -0.39 is 21.8 Å². The Kier molecular flexibility index (Phi) is 7.73. The van der Waals surface area contributed by atoms with Crippen molar-refractivity contribution in [3.05, 3.63) is 71.9 Å². The zero-order chi connectivity index (χ0) is 24.8. The van der Waals surface area contributed by atoms with Gasteiger partial charge in [0.15, 0.2) is 9.84 Å². The molecular weight excluding hydrogens is 480 g/mol. The van der Waals surface area contributed by atoms with Crippen molar-refractivity contribution in [3.63, 3.8) is 0 Å². The molecule has 2 heterocycles.